The van der Waals surface area contributed by atoms with Gasteiger partial charge >= 0.3 is 0 Å². The van der Waals surface area contributed by atoms with Gasteiger partial charge in [0.15, 0.2) is 0 Å². The van der Waals surface area contributed by atoms with Crippen molar-refractivity contribution in [1.29, 1.82) is 0 Å². The lowest BCUT2D eigenvalue weighted by Crippen LogP contribution is -1.51. The fourth-order valence-electron chi connectivity index (χ4n) is 0.0497. The van der Waals surface area contributed by atoms with Crippen molar-refractivity contribution in [2.75, 3.05) is 0 Å². The first-order valence-electron chi connectivity index (χ1n) is 1.26. The quantitative estimate of drug-likeness (QED) is 0.318. The third-order valence-electron chi connectivity index (χ3n) is 0.365. The zero-order chi connectivity index (χ0) is 2.99. The van der Waals surface area contributed by atoms with Crippen LogP contribution in [0.3, 0.4) is 0 Å². The summed E-state index contributed by atoms with van der Waals surface area (Å²) in [7, 11) is 0. The Bertz CT molecular complexity index is 41.2. The summed E-state index contributed by atoms with van der Waals surface area (Å²) in [5.41, 5.74) is 0. The number of rotatable bonds is 0. The largest absolute Gasteiger partial charge is 0.168 e. The minimum atomic E-state index is 0.528. The Balaban J connectivity index is 2.32. The van der Waals surface area contributed by atoms with E-state index < -0.39 is 0 Å². The average Bonchev–Trinajstić information content (AvgIpc) is 1.75. The molecule has 1 aliphatic carbocycles. The van der Waals surface area contributed by atoms with Gasteiger partial charge in [-0.3, -0.25) is 0 Å². The molecule has 0 fully saturated rings. The van der Waals surface area contributed by atoms with Crippen molar-refractivity contribution < 1.29 is 0 Å². The van der Waals surface area contributed by atoms with Crippen LogP contribution < -0.4 is 0 Å². The molecule has 0 unspecified atom stereocenters. The van der Waals surface area contributed by atoms with Gasteiger partial charge < -0.3 is 0 Å². The van der Waals surface area contributed by atoms with Crippen LogP contribution in [0, 0.1) is 0 Å². The molecule has 1 rings (SSSR count). The molecule has 0 atom stereocenters. The first kappa shape index (κ1) is 2.33. The highest BCUT2D eigenvalue weighted by atomic mass is 32.1. The van der Waals surface area contributed by atoms with Crippen molar-refractivity contribution in [2.24, 2.45) is 0 Å². The Morgan fingerprint density at radius 1 is 1.50 bits per heavy atom. The Labute approximate surface area is 30.9 Å². The van der Waals surface area contributed by atoms with Gasteiger partial charge in [-0.05, 0) is 0 Å². The maximum absolute atomic E-state index is 3.97. The van der Waals surface area contributed by atoms with Crippen molar-refractivity contribution in [3.05, 3.63) is 12.2 Å². The van der Waals surface area contributed by atoms with Gasteiger partial charge in [-0.15, -0.1) is 0 Å². The van der Waals surface area contributed by atoms with Crippen LogP contribution in [0.15, 0.2) is 12.2 Å². The topological polar surface area (TPSA) is 0 Å². The molecule has 0 aromatic carbocycles. The molecule has 0 nitrogen and oxygen atoms in total. The highest BCUT2D eigenvalue weighted by molar-refractivity contribution is 7.81. The predicted molar refractivity (Wildman–Crippen MR) is 21.9 cm³/mol. The third-order valence-corrected chi connectivity index (χ3v) is 0.709. The van der Waals surface area contributed by atoms with Gasteiger partial charge in [0.25, 0.3) is 0 Å². The fraction of sp³-hybridized carbons (Fsp3) is 0.333. The maximum Gasteiger partial charge on any atom is 0.0378 e. The van der Waals surface area contributed by atoms with Crippen LogP contribution in [0.4, 0.5) is 0 Å². The van der Waals surface area contributed by atoms with Gasteiger partial charge in [-0.1, -0.05) is 12.2 Å². The molecular formula is C3H4S. The second-order valence-corrected chi connectivity index (χ2v) is 1.47. The SMILES string of the molecule is SC1C=C1. The molecule has 0 spiro atoms. The minimum absolute atomic E-state index is 0.528. The molecule has 0 aromatic heterocycles. The Hall–Kier alpha value is 0.0900. The predicted octanol–water partition coefficient (Wildman–Crippen LogP) is 0.855. The summed E-state index contributed by atoms with van der Waals surface area (Å²) < 4.78 is 0. The molecular weight excluding hydrogens is 68.1 g/mol. The second-order valence-electron chi connectivity index (χ2n) is 0.875. The first-order chi connectivity index (χ1) is 1.89. The van der Waals surface area contributed by atoms with Crippen molar-refractivity contribution >= 4 is 12.6 Å². The van der Waals surface area contributed by atoms with Crippen LogP contribution in [0.2, 0.25) is 0 Å². The summed E-state index contributed by atoms with van der Waals surface area (Å²) in [4.78, 5) is 0. The van der Waals surface area contributed by atoms with Crippen molar-refractivity contribution in [3.8, 4) is 0 Å². The van der Waals surface area contributed by atoms with Crippen LogP contribution in [-0.4, -0.2) is 5.25 Å². The molecule has 0 bridgehead atoms. The molecule has 0 aliphatic heterocycles. The van der Waals surface area contributed by atoms with Crippen molar-refractivity contribution in [2.45, 2.75) is 5.25 Å². The Kier molecular flexibility index (Phi) is 0.304. The summed E-state index contributed by atoms with van der Waals surface area (Å²) in [6, 6.07) is 0. The van der Waals surface area contributed by atoms with E-state index in [2.05, 4.69) is 12.6 Å². The van der Waals surface area contributed by atoms with E-state index in [9.17, 15) is 0 Å². The summed E-state index contributed by atoms with van der Waals surface area (Å²) in [6.07, 6.45) is 4.06. The molecule has 4 heavy (non-hydrogen) atoms. The molecule has 0 N–H and O–H groups in total. The van der Waals surface area contributed by atoms with E-state index in [1.54, 1.807) is 0 Å². The van der Waals surface area contributed by atoms with Crippen LogP contribution in [0.5, 0.6) is 0 Å². The van der Waals surface area contributed by atoms with E-state index >= 15 is 0 Å². The van der Waals surface area contributed by atoms with Gasteiger partial charge in [-0.2, -0.15) is 12.6 Å². The lowest BCUT2D eigenvalue weighted by molar-refractivity contribution is 1.75. The molecule has 0 heterocycles. The molecule has 22 valence electrons. The van der Waals surface area contributed by atoms with Crippen molar-refractivity contribution in [3.63, 3.8) is 0 Å². The molecule has 1 aliphatic rings. The van der Waals surface area contributed by atoms with E-state index in [4.69, 9.17) is 0 Å². The summed E-state index contributed by atoms with van der Waals surface area (Å²) in [5.74, 6) is 0. The Morgan fingerprint density at radius 3 is 1.75 bits per heavy atom. The number of hydrogen-bond acceptors (Lipinski definition) is 1. The first-order valence-corrected chi connectivity index (χ1v) is 1.77. The fourth-order valence-corrected chi connectivity index (χ4v) is 0.149. The molecule has 1 heteroatoms. The standard InChI is InChI=1S/C3H4S/c4-3-1-2-3/h1-4H. The summed E-state index contributed by atoms with van der Waals surface area (Å²) >= 11 is 3.97. The van der Waals surface area contributed by atoms with Gasteiger partial charge in [-0.25, -0.2) is 0 Å². The summed E-state index contributed by atoms with van der Waals surface area (Å²) in [5, 5.41) is 0.528. The number of thiol groups is 1. The van der Waals surface area contributed by atoms with Gasteiger partial charge in [0, 0.05) is 5.25 Å². The van der Waals surface area contributed by atoms with Crippen LogP contribution in [0.25, 0.3) is 0 Å². The van der Waals surface area contributed by atoms with Gasteiger partial charge in [0.05, 0.1) is 0 Å². The molecule has 0 amide bonds. The van der Waals surface area contributed by atoms with Crippen molar-refractivity contribution in [1.82, 2.24) is 0 Å². The molecule has 0 radical (unpaired) electrons. The lowest BCUT2D eigenvalue weighted by Gasteiger charge is -1.58. The minimum Gasteiger partial charge on any atom is -0.168 e. The highest BCUT2D eigenvalue weighted by Crippen LogP contribution is 2.10. The van der Waals surface area contributed by atoms with Crippen LogP contribution in [-0.2, 0) is 0 Å². The van der Waals surface area contributed by atoms with E-state index in [1.165, 1.54) is 0 Å². The second kappa shape index (κ2) is 0.521. The van der Waals surface area contributed by atoms with E-state index in [0.717, 1.165) is 0 Å². The van der Waals surface area contributed by atoms with Gasteiger partial charge in [0.1, 0.15) is 0 Å². The third kappa shape index (κ3) is 0.260. The zero-order valence-electron chi connectivity index (χ0n) is 2.18. The smallest absolute Gasteiger partial charge is 0.0378 e. The maximum atomic E-state index is 3.97. The van der Waals surface area contributed by atoms with E-state index in [-0.39, 0.29) is 0 Å². The normalized spacial score (nSPS) is 22.2. The van der Waals surface area contributed by atoms with E-state index in [1.807, 2.05) is 12.2 Å². The lowest BCUT2D eigenvalue weighted by atomic mass is 10.9. The molecule has 0 saturated carbocycles. The van der Waals surface area contributed by atoms with Crippen LogP contribution in [0.1, 0.15) is 0 Å². The highest BCUT2D eigenvalue weighted by Gasteiger charge is 1.99. The van der Waals surface area contributed by atoms with E-state index in [0.29, 0.717) is 5.25 Å². The summed E-state index contributed by atoms with van der Waals surface area (Å²) in [6.45, 7) is 0. The number of hydrogen-bond donors (Lipinski definition) is 1. The van der Waals surface area contributed by atoms with Crippen LogP contribution >= 0.6 is 12.6 Å². The average molecular weight is 72.1 g/mol. The van der Waals surface area contributed by atoms with Gasteiger partial charge in [0.2, 0.25) is 0 Å². The molecule has 0 aromatic rings. The zero-order valence-corrected chi connectivity index (χ0v) is 3.07. The Morgan fingerprint density at radius 2 is 1.75 bits per heavy atom. The molecule has 0 saturated heterocycles. The monoisotopic (exact) mass is 72.0 g/mol.